The van der Waals surface area contributed by atoms with Gasteiger partial charge in [-0.15, -0.1) is 0 Å². The van der Waals surface area contributed by atoms with Gasteiger partial charge < -0.3 is 9.26 Å². The molecule has 0 N–H and O–H groups in total. The van der Waals surface area contributed by atoms with E-state index in [4.69, 9.17) is 9.26 Å². The van der Waals surface area contributed by atoms with Gasteiger partial charge in [-0.25, -0.2) is 0 Å². The lowest BCUT2D eigenvalue weighted by Gasteiger charge is -2.05. The molecule has 0 aliphatic heterocycles. The van der Waals surface area contributed by atoms with Crippen molar-refractivity contribution in [2.24, 2.45) is 0 Å². The Labute approximate surface area is 123 Å². The van der Waals surface area contributed by atoms with Crippen LogP contribution < -0.4 is 0 Å². The molecule has 1 aromatic heterocycles. The minimum absolute atomic E-state index is 0.288. The van der Waals surface area contributed by atoms with Crippen LogP contribution in [0.15, 0.2) is 22.7 Å². The number of esters is 1. The van der Waals surface area contributed by atoms with Crippen LogP contribution in [0.4, 0.5) is 0 Å². The molecule has 0 bridgehead atoms. The Morgan fingerprint density at radius 3 is 2.71 bits per heavy atom. The lowest BCUT2D eigenvalue weighted by molar-refractivity contribution is -0.144. The second-order valence-corrected chi connectivity index (χ2v) is 5.68. The Kier molecular flexibility index (Phi) is 3.27. The van der Waals surface area contributed by atoms with Crippen molar-refractivity contribution in [3.05, 3.63) is 46.6 Å². The van der Waals surface area contributed by atoms with Gasteiger partial charge in [-0.3, -0.25) is 4.79 Å². The molecule has 0 saturated heterocycles. The van der Waals surface area contributed by atoms with Crippen molar-refractivity contribution in [3.8, 4) is 0 Å². The molecule has 0 atom stereocenters. The molecule has 1 aromatic carbocycles. The van der Waals surface area contributed by atoms with Gasteiger partial charge in [0.2, 0.25) is 5.89 Å². The van der Waals surface area contributed by atoms with Crippen molar-refractivity contribution in [2.45, 2.75) is 38.5 Å². The molecule has 5 nitrogen and oxygen atoms in total. The van der Waals surface area contributed by atoms with Crippen LogP contribution in [0.25, 0.3) is 0 Å². The Balaban J connectivity index is 1.79. The molecule has 21 heavy (non-hydrogen) atoms. The highest BCUT2D eigenvalue weighted by atomic mass is 16.5. The van der Waals surface area contributed by atoms with Gasteiger partial charge in [0.15, 0.2) is 5.82 Å². The average Bonchev–Trinajstić information content (AvgIpc) is 3.16. The highest BCUT2D eigenvalue weighted by Gasteiger charge is 2.57. The van der Waals surface area contributed by atoms with Gasteiger partial charge >= 0.3 is 5.97 Å². The predicted molar refractivity (Wildman–Crippen MR) is 75.9 cm³/mol. The molecule has 1 fully saturated rings. The van der Waals surface area contributed by atoms with Crippen LogP contribution in [0.5, 0.6) is 0 Å². The molecule has 110 valence electrons. The maximum atomic E-state index is 11.8. The first kappa shape index (κ1) is 13.8. The third-order valence-corrected chi connectivity index (χ3v) is 4.14. The van der Waals surface area contributed by atoms with Crippen LogP contribution >= 0.6 is 0 Å². The second-order valence-electron chi connectivity index (χ2n) is 5.68. The molecule has 0 spiro atoms. The molecule has 3 rings (SSSR count). The summed E-state index contributed by atoms with van der Waals surface area (Å²) in [6.07, 6.45) is 2.03. The number of aryl methyl sites for hydroxylation is 2. The van der Waals surface area contributed by atoms with Crippen LogP contribution in [0.3, 0.4) is 0 Å². The van der Waals surface area contributed by atoms with E-state index in [9.17, 15) is 4.79 Å². The summed E-state index contributed by atoms with van der Waals surface area (Å²) < 4.78 is 10.1. The Morgan fingerprint density at radius 1 is 1.33 bits per heavy atom. The molecule has 0 radical (unpaired) electrons. The number of nitrogens with zero attached hydrogens (tertiary/aromatic N) is 2. The fourth-order valence-electron chi connectivity index (χ4n) is 2.44. The summed E-state index contributed by atoms with van der Waals surface area (Å²) in [6, 6.07) is 6.27. The van der Waals surface area contributed by atoms with Crippen LogP contribution in [0.2, 0.25) is 0 Å². The minimum atomic E-state index is -0.691. The van der Waals surface area contributed by atoms with Crippen molar-refractivity contribution >= 4 is 5.97 Å². The zero-order valence-corrected chi connectivity index (χ0v) is 12.5. The van der Waals surface area contributed by atoms with Crippen molar-refractivity contribution in [3.63, 3.8) is 0 Å². The van der Waals surface area contributed by atoms with E-state index in [2.05, 4.69) is 42.2 Å². The van der Waals surface area contributed by atoms with E-state index < -0.39 is 5.41 Å². The number of hydrogen-bond donors (Lipinski definition) is 0. The number of benzene rings is 1. The first-order valence-electron chi connectivity index (χ1n) is 7.03. The molecule has 1 aliphatic carbocycles. The number of aromatic nitrogens is 2. The monoisotopic (exact) mass is 286 g/mol. The smallest absolute Gasteiger partial charge is 0.321 e. The molecule has 1 aliphatic rings. The summed E-state index contributed by atoms with van der Waals surface area (Å²) >= 11 is 0. The van der Waals surface area contributed by atoms with Crippen LogP contribution in [-0.2, 0) is 21.4 Å². The van der Waals surface area contributed by atoms with Crippen molar-refractivity contribution < 1.29 is 14.1 Å². The van der Waals surface area contributed by atoms with Crippen LogP contribution in [0, 0.1) is 13.8 Å². The number of ether oxygens (including phenoxy) is 1. The minimum Gasteiger partial charge on any atom is -0.468 e. The first-order valence-corrected chi connectivity index (χ1v) is 7.03. The fourth-order valence-corrected chi connectivity index (χ4v) is 2.44. The average molecular weight is 286 g/mol. The molecule has 5 heteroatoms. The van der Waals surface area contributed by atoms with E-state index in [1.807, 2.05) is 0 Å². The van der Waals surface area contributed by atoms with E-state index in [0.717, 1.165) is 5.56 Å². The van der Waals surface area contributed by atoms with Gasteiger partial charge in [-0.1, -0.05) is 23.4 Å². The van der Waals surface area contributed by atoms with Crippen molar-refractivity contribution in [1.29, 1.82) is 0 Å². The maximum Gasteiger partial charge on any atom is 0.321 e. The predicted octanol–water partition coefficient (Wildman–Crippen LogP) is 2.48. The highest BCUT2D eigenvalue weighted by Crippen LogP contribution is 2.48. The van der Waals surface area contributed by atoms with Gasteiger partial charge in [0, 0.05) is 6.42 Å². The second kappa shape index (κ2) is 4.98. The number of carbonyl (C=O) groups excluding carboxylic acids is 1. The normalized spacial score (nSPS) is 15.8. The lowest BCUT2D eigenvalue weighted by Crippen LogP contribution is -2.22. The number of methoxy groups -OCH3 is 1. The topological polar surface area (TPSA) is 65.2 Å². The number of carbonyl (C=O) groups is 1. The maximum absolute atomic E-state index is 11.8. The van der Waals surface area contributed by atoms with Crippen molar-refractivity contribution in [2.75, 3.05) is 7.11 Å². The quantitative estimate of drug-likeness (QED) is 0.808. The molecule has 2 aromatic rings. The first-order chi connectivity index (χ1) is 10.0. The SMILES string of the molecule is COC(=O)C1(c2nc(Cc3ccc(C)c(C)c3)no2)CC1. The standard InChI is InChI=1S/C16H18N2O3/c1-10-4-5-12(8-11(10)2)9-13-17-14(21-18-13)16(6-7-16)15(19)20-3/h4-5,8H,6-7,9H2,1-3H3. The molecule has 1 heterocycles. The zero-order chi connectivity index (χ0) is 15.0. The van der Waals surface area contributed by atoms with E-state index >= 15 is 0 Å². The fraction of sp³-hybridized carbons (Fsp3) is 0.438. The molecular weight excluding hydrogens is 268 g/mol. The number of rotatable bonds is 4. The summed E-state index contributed by atoms with van der Waals surface area (Å²) in [6.45, 7) is 4.16. The van der Waals surface area contributed by atoms with Gasteiger partial charge in [0.25, 0.3) is 0 Å². The Hall–Kier alpha value is -2.17. The van der Waals surface area contributed by atoms with Gasteiger partial charge in [0.1, 0.15) is 5.41 Å². The van der Waals surface area contributed by atoms with Crippen LogP contribution in [0.1, 0.15) is 41.2 Å². The van der Waals surface area contributed by atoms with Gasteiger partial charge in [0.05, 0.1) is 7.11 Å². The molecule has 0 amide bonds. The Bertz CT molecular complexity index is 687. The number of hydrogen-bond acceptors (Lipinski definition) is 5. The molecule has 0 unspecified atom stereocenters. The highest BCUT2D eigenvalue weighted by molar-refractivity contribution is 5.85. The van der Waals surface area contributed by atoms with Gasteiger partial charge in [-0.05, 0) is 43.4 Å². The van der Waals surface area contributed by atoms with Crippen LogP contribution in [-0.4, -0.2) is 23.2 Å². The lowest BCUT2D eigenvalue weighted by atomic mass is 10.0. The zero-order valence-electron chi connectivity index (χ0n) is 12.5. The van der Waals surface area contributed by atoms with Crippen molar-refractivity contribution in [1.82, 2.24) is 10.1 Å². The third-order valence-electron chi connectivity index (χ3n) is 4.14. The molecular formula is C16H18N2O3. The summed E-state index contributed by atoms with van der Waals surface area (Å²) in [7, 11) is 1.38. The largest absolute Gasteiger partial charge is 0.468 e. The summed E-state index contributed by atoms with van der Waals surface area (Å²) in [4.78, 5) is 16.2. The van der Waals surface area contributed by atoms with E-state index in [1.165, 1.54) is 18.2 Å². The third kappa shape index (κ3) is 2.44. The summed E-state index contributed by atoms with van der Waals surface area (Å²) in [5.74, 6) is 0.695. The van der Waals surface area contributed by atoms with E-state index in [0.29, 0.717) is 31.0 Å². The summed E-state index contributed by atoms with van der Waals surface area (Å²) in [5.41, 5.74) is 2.94. The summed E-state index contributed by atoms with van der Waals surface area (Å²) in [5, 5.41) is 3.99. The van der Waals surface area contributed by atoms with Gasteiger partial charge in [-0.2, -0.15) is 4.98 Å². The Morgan fingerprint density at radius 2 is 2.10 bits per heavy atom. The molecule has 1 saturated carbocycles. The van der Waals surface area contributed by atoms with E-state index in [-0.39, 0.29) is 5.97 Å². The van der Waals surface area contributed by atoms with E-state index in [1.54, 1.807) is 0 Å².